The lowest BCUT2D eigenvalue weighted by Gasteiger charge is -2.04. The zero-order valence-corrected chi connectivity index (χ0v) is 8.55. The van der Waals surface area contributed by atoms with Crippen LogP contribution in [0.5, 0.6) is 0 Å². The third kappa shape index (κ3) is 3.23. The molecule has 0 aromatic heterocycles. The van der Waals surface area contributed by atoms with Gasteiger partial charge in [0.25, 0.3) is 0 Å². The van der Waals surface area contributed by atoms with Crippen molar-refractivity contribution in [2.75, 3.05) is 6.54 Å². The Bertz CT molecular complexity index is 336. The van der Waals surface area contributed by atoms with Gasteiger partial charge in [-0.3, -0.25) is 4.79 Å². The predicted octanol–water partition coefficient (Wildman–Crippen LogP) is 2.18. The van der Waals surface area contributed by atoms with E-state index < -0.39 is 0 Å². The van der Waals surface area contributed by atoms with Gasteiger partial charge in [-0.25, -0.2) is 0 Å². The molecule has 14 heavy (non-hydrogen) atoms. The second kappa shape index (κ2) is 5.45. The van der Waals surface area contributed by atoms with Gasteiger partial charge in [0.2, 0.25) is 5.91 Å². The maximum atomic E-state index is 10.8. The molecule has 0 aliphatic rings. The van der Waals surface area contributed by atoms with Gasteiger partial charge in [0.1, 0.15) is 0 Å². The number of carbonyl (C=O) groups excluding carboxylic acids is 1. The predicted molar refractivity (Wildman–Crippen MR) is 58.4 cm³/mol. The van der Waals surface area contributed by atoms with E-state index in [-0.39, 0.29) is 5.91 Å². The third-order valence-corrected chi connectivity index (χ3v) is 2.21. The lowest BCUT2D eigenvalue weighted by molar-refractivity contribution is -0.116. The summed E-state index contributed by atoms with van der Waals surface area (Å²) in [5.74, 6) is -0.156. The summed E-state index contributed by atoms with van der Waals surface area (Å²) in [6.45, 7) is 3.94. The number of rotatable bonds is 4. The standard InChI is InChI=1S/C11H12ClNO/c1-2-11(14)13-8-7-9-5-3-4-6-10(9)12/h2-6H,1,7-8H2,(H,13,14). The highest BCUT2D eigenvalue weighted by atomic mass is 35.5. The zero-order valence-electron chi connectivity index (χ0n) is 7.79. The molecule has 1 aromatic rings. The Morgan fingerprint density at radius 1 is 1.50 bits per heavy atom. The fourth-order valence-electron chi connectivity index (χ4n) is 1.09. The average Bonchev–Trinajstić information content (AvgIpc) is 2.20. The Balaban J connectivity index is 2.42. The Kier molecular flexibility index (Phi) is 4.20. The number of nitrogens with one attached hydrogen (secondary N) is 1. The summed E-state index contributed by atoms with van der Waals surface area (Å²) in [5.41, 5.74) is 1.04. The van der Waals surface area contributed by atoms with Gasteiger partial charge in [-0.1, -0.05) is 36.4 Å². The number of hydrogen-bond acceptors (Lipinski definition) is 1. The largest absolute Gasteiger partial charge is 0.352 e. The van der Waals surface area contributed by atoms with Gasteiger partial charge in [0.15, 0.2) is 0 Å². The molecule has 0 aliphatic heterocycles. The number of hydrogen-bond donors (Lipinski definition) is 1. The van der Waals surface area contributed by atoms with Crippen molar-refractivity contribution in [3.05, 3.63) is 47.5 Å². The maximum absolute atomic E-state index is 10.8. The maximum Gasteiger partial charge on any atom is 0.243 e. The van der Waals surface area contributed by atoms with Crippen LogP contribution in [-0.4, -0.2) is 12.5 Å². The van der Waals surface area contributed by atoms with Crippen molar-refractivity contribution in [1.29, 1.82) is 0 Å². The zero-order chi connectivity index (χ0) is 10.4. The van der Waals surface area contributed by atoms with Crippen molar-refractivity contribution < 1.29 is 4.79 Å². The monoisotopic (exact) mass is 209 g/mol. The molecule has 0 aliphatic carbocycles. The van der Waals surface area contributed by atoms with E-state index in [1.165, 1.54) is 6.08 Å². The lowest BCUT2D eigenvalue weighted by Crippen LogP contribution is -2.23. The Morgan fingerprint density at radius 3 is 2.86 bits per heavy atom. The highest BCUT2D eigenvalue weighted by Crippen LogP contribution is 2.14. The first-order valence-corrected chi connectivity index (χ1v) is 4.75. The number of halogens is 1. The summed E-state index contributed by atoms with van der Waals surface area (Å²) in [7, 11) is 0. The van der Waals surface area contributed by atoms with Gasteiger partial charge in [-0.15, -0.1) is 0 Å². The molecule has 74 valence electrons. The van der Waals surface area contributed by atoms with Crippen LogP contribution in [0.2, 0.25) is 5.02 Å². The van der Waals surface area contributed by atoms with Crippen LogP contribution in [0.25, 0.3) is 0 Å². The molecule has 1 rings (SSSR count). The molecule has 0 atom stereocenters. The molecule has 0 saturated carbocycles. The van der Waals surface area contributed by atoms with E-state index in [0.717, 1.165) is 17.0 Å². The van der Waals surface area contributed by atoms with Crippen LogP contribution in [0.4, 0.5) is 0 Å². The van der Waals surface area contributed by atoms with E-state index in [1.807, 2.05) is 24.3 Å². The van der Waals surface area contributed by atoms with Gasteiger partial charge in [0.05, 0.1) is 0 Å². The molecule has 1 N–H and O–H groups in total. The number of carbonyl (C=O) groups is 1. The van der Waals surface area contributed by atoms with Crippen molar-refractivity contribution in [2.24, 2.45) is 0 Å². The third-order valence-electron chi connectivity index (χ3n) is 1.84. The SMILES string of the molecule is C=CC(=O)NCCc1ccccc1Cl. The first-order valence-electron chi connectivity index (χ1n) is 4.37. The van der Waals surface area contributed by atoms with Crippen LogP contribution in [-0.2, 0) is 11.2 Å². The van der Waals surface area contributed by atoms with Crippen molar-refractivity contribution in [2.45, 2.75) is 6.42 Å². The Labute approximate surface area is 88.6 Å². The summed E-state index contributed by atoms with van der Waals surface area (Å²) in [5, 5.41) is 3.43. The van der Waals surface area contributed by atoms with Crippen LogP contribution in [0, 0.1) is 0 Å². The Morgan fingerprint density at radius 2 is 2.21 bits per heavy atom. The fourth-order valence-corrected chi connectivity index (χ4v) is 1.32. The molecule has 0 saturated heterocycles. The van der Waals surface area contributed by atoms with E-state index in [2.05, 4.69) is 11.9 Å². The quantitative estimate of drug-likeness (QED) is 0.757. The fraction of sp³-hybridized carbons (Fsp3) is 0.182. The van der Waals surface area contributed by atoms with Crippen LogP contribution in [0.3, 0.4) is 0 Å². The highest BCUT2D eigenvalue weighted by Gasteiger charge is 1.99. The van der Waals surface area contributed by atoms with Crippen LogP contribution in [0.15, 0.2) is 36.9 Å². The van der Waals surface area contributed by atoms with Crippen LogP contribution in [0.1, 0.15) is 5.56 Å². The van der Waals surface area contributed by atoms with E-state index in [1.54, 1.807) is 0 Å². The van der Waals surface area contributed by atoms with Crippen molar-refractivity contribution in [3.63, 3.8) is 0 Å². The van der Waals surface area contributed by atoms with Gasteiger partial charge >= 0.3 is 0 Å². The smallest absolute Gasteiger partial charge is 0.243 e. The minimum atomic E-state index is -0.156. The van der Waals surface area contributed by atoms with E-state index in [0.29, 0.717) is 6.54 Å². The first kappa shape index (κ1) is 10.8. The molecule has 2 nitrogen and oxygen atoms in total. The average molecular weight is 210 g/mol. The minimum absolute atomic E-state index is 0.156. The molecular formula is C11H12ClNO. The van der Waals surface area contributed by atoms with Gasteiger partial charge < -0.3 is 5.32 Å². The van der Waals surface area contributed by atoms with Crippen LogP contribution >= 0.6 is 11.6 Å². The lowest BCUT2D eigenvalue weighted by atomic mass is 10.1. The number of amides is 1. The molecule has 3 heteroatoms. The van der Waals surface area contributed by atoms with Gasteiger partial charge in [-0.2, -0.15) is 0 Å². The van der Waals surface area contributed by atoms with E-state index in [9.17, 15) is 4.79 Å². The second-order valence-corrected chi connectivity index (χ2v) is 3.24. The molecule has 0 bridgehead atoms. The number of benzene rings is 1. The first-order chi connectivity index (χ1) is 6.74. The highest BCUT2D eigenvalue weighted by molar-refractivity contribution is 6.31. The topological polar surface area (TPSA) is 29.1 Å². The molecule has 1 amide bonds. The molecule has 0 heterocycles. The summed E-state index contributed by atoms with van der Waals surface area (Å²) < 4.78 is 0. The molecule has 0 radical (unpaired) electrons. The van der Waals surface area contributed by atoms with Crippen molar-refractivity contribution in [1.82, 2.24) is 5.32 Å². The normalized spacial score (nSPS) is 9.50. The van der Waals surface area contributed by atoms with E-state index >= 15 is 0 Å². The van der Waals surface area contributed by atoms with Gasteiger partial charge in [0, 0.05) is 11.6 Å². The van der Waals surface area contributed by atoms with Gasteiger partial charge in [-0.05, 0) is 24.1 Å². The molecule has 0 spiro atoms. The van der Waals surface area contributed by atoms with E-state index in [4.69, 9.17) is 11.6 Å². The summed E-state index contributed by atoms with van der Waals surface area (Å²) in [4.78, 5) is 10.8. The molecular weight excluding hydrogens is 198 g/mol. The summed E-state index contributed by atoms with van der Waals surface area (Å²) >= 11 is 5.94. The molecule has 0 unspecified atom stereocenters. The molecule has 0 fully saturated rings. The molecule has 1 aromatic carbocycles. The minimum Gasteiger partial charge on any atom is -0.352 e. The Hall–Kier alpha value is -1.28. The summed E-state index contributed by atoms with van der Waals surface area (Å²) in [6.07, 6.45) is 1.99. The second-order valence-electron chi connectivity index (χ2n) is 2.84. The van der Waals surface area contributed by atoms with Crippen LogP contribution < -0.4 is 5.32 Å². The van der Waals surface area contributed by atoms with Crippen molar-refractivity contribution in [3.8, 4) is 0 Å². The van der Waals surface area contributed by atoms with Crippen molar-refractivity contribution >= 4 is 17.5 Å². The summed E-state index contributed by atoms with van der Waals surface area (Å²) in [6, 6.07) is 7.60.